The maximum Gasteiger partial charge on any atom is 0.191 e. The third-order valence-corrected chi connectivity index (χ3v) is 4.48. The summed E-state index contributed by atoms with van der Waals surface area (Å²) in [6.45, 7) is 4.22. The first-order valence-electron chi connectivity index (χ1n) is 9.37. The van der Waals surface area contributed by atoms with E-state index in [1.54, 1.807) is 19.4 Å². The predicted molar refractivity (Wildman–Crippen MR) is 126 cm³/mol. The van der Waals surface area contributed by atoms with Crippen molar-refractivity contribution in [3.8, 4) is 5.75 Å². The van der Waals surface area contributed by atoms with Gasteiger partial charge < -0.3 is 20.4 Å². The first kappa shape index (κ1) is 22.0. The fourth-order valence-corrected chi connectivity index (χ4v) is 3.08. The third kappa shape index (κ3) is 5.85. The molecule has 0 saturated carbocycles. The molecule has 6 nitrogen and oxygen atoms in total. The van der Waals surface area contributed by atoms with Gasteiger partial charge in [0.1, 0.15) is 12.4 Å². The highest BCUT2D eigenvalue weighted by Crippen LogP contribution is 2.22. The number of nitrogens with zero attached hydrogens (tertiary/aromatic N) is 2. The second-order valence-corrected chi connectivity index (χ2v) is 6.22. The van der Waals surface area contributed by atoms with Gasteiger partial charge in [0.25, 0.3) is 0 Å². The van der Waals surface area contributed by atoms with Gasteiger partial charge in [-0.15, -0.1) is 24.0 Å². The van der Waals surface area contributed by atoms with Gasteiger partial charge in [-0.25, -0.2) is 0 Å². The Labute approximate surface area is 183 Å². The van der Waals surface area contributed by atoms with E-state index in [1.165, 1.54) is 22.0 Å². The highest BCUT2D eigenvalue weighted by Gasteiger charge is 2.06. The lowest BCUT2D eigenvalue weighted by Gasteiger charge is -2.12. The molecule has 0 aliphatic heterocycles. The standard InChI is InChI=1S/C21H27N5O.HI/c1-3-16-6-4-8-19-17(14-26-20(16)19)9-11-24-21(22-2)25-12-13-27-18-7-5-10-23-15-18;/h4-8,10,14-15,26H,3,9,11-13H2,1-2H3,(H2,22,24,25);1H. The molecule has 3 rings (SSSR count). The molecule has 0 amide bonds. The lowest BCUT2D eigenvalue weighted by atomic mass is 10.1. The maximum absolute atomic E-state index is 5.62. The van der Waals surface area contributed by atoms with E-state index in [1.807, 2.05) is 12.1 Å². The van der Waals surface area contributed by atoms with Crippen LogP contribution in [0.1, 0.15) is 18.1 Å². The number of rotatable bonds is 8. The summed E-state index contributed by atoms with van der Waals surface area (Å²) in [6, 6.07) is 10.3. The predicted octanol–water partition coefficient (Wildman–Crippen LogP) is 3.53. The van der Waals surface area contributed by atoms with Crippen molar-refractivity contribution in [2.24, 2.45) is 4.99 Å². The zero-order valence-corrected chi connectivity index (χ0v) is 18.7. The number of fused-ring (bicyclic) bond motifs is 1. The summed E-state index contributed by atoms with van der Waals surface area (Å²) < 4.78 is 5.62. The van der Waals surface area contributed by atoms with E-state index in [0.717, 1.165) is 31.1 Å². The SMILES string of the molecule is CCc1cccc2c(CCNC(=NC)NCCOc3cccnc3)c[nH]c12.I. The molecule has 0 radical (unpaired) electrons. The molecule has 1 aromatic carbocycles. The van der Waals surface area contributed by atoms with E-state index in [2.05, 4.69) is 56.9 Å². The molecule has 0 saturated heterocycles. The normalized spacial score (nSPS) is 11.1. The van der Waals surface area contributed by atoms with Crippen LogP contribution in [0, 0.1) is 0 Å². The largest absolute Gasteiger partial charge is 0.490 e. The van der Waals surface area contributed by atoms with Crippen LogP contribution in [0.2, 0.25) is 0 Å². The summed E-state index contributed by atoms with van der Waals surface area (Å²) in [5, 5.41) is 7.93. The van der Waals surface area contributed by atoms with Crippen molar-refractivity contribution >= 4 is 40.8 Å². The number of para-hydroxylation sites is 1. The summed E-state index contributed by atoms with van der Waals surface area (Å²) >= 11 is 0. The van der Waals surface area contributed by atoms with Gasteiger partial charge in [0.15, 0.2) is 5.96 Å². The van der Waals surface area contributed by atoms with Crippen LogP contribution in [0.3, 0.4) is 0 Å². The minimum Gasteiger partial charge on any atom is -0.490 e. The first-order chi connectivity index (χ1) is 13.3. The van der Waals surface area contributed by atoms with Gasteiger partial charge in [0.05, 0.1) is 12.7 Å². The molecule has 7 heteroatoms. The van der Waals surface area contributed by atoms with Crippen molar-refractivity contribution < 1.29 is 4.74 Å². The van der Waals surface area contributed by atoms with E-state index in [0.29, 0.717) is 13.2 Å². The van der Waals surface area contributed by atoms with Crippen molar-refractivity contribution in [2.75, 3.05) is 26.7 Å². The fourth-order valence-electron chi connectivity index (χ4n) is 3.08. The Morgan fingerprint density at radius 2 is 2.00 bits per heavy atom. The summed E-state index contributed by atoms with van der Waals surface area (Å²) in [5.41, 5.74) is 3.94. The fraction of sp³-hybridized carbons (Fsp3) is 0.333. The number of hydrogen-bond acceptors (Lipinski definition) is 3. The molecule has 0 bridgehead atoms. The van der Waals surface area contributed by atoms with Crippen LogP contribution in [-0.2, 0) is 12.8 Å². The van der Waals surface area contributed by atoms with Gasteiger partial charge in [-0.1, -0.05) is 25.1 Å². The van der Waals surface area contributed by atoms with Crippen LogP contribution < -0.4 is 15.4 Å². The van der Waals surface area contributed by atoms with Crippen molar-refractivity contribution in [3.63, 3.8) is 0 Å². The van der Waals surface area contributed by atoms with Crippen molar-refractivity contribution in [2.45, 2.75) is 19.8 Å². The Hall–Kier alpha value is -2.29. The molecule has 28 heavy (non-hydrogen) atoms. The van der Waals surface area contributed by atoms with E-state index in [9.17, 15) is 0 Å². The Morgan fingerprint density at radius 3 is 2.75 bits per heavy atom. The smallest absolute Gasteiger partial charge is 0.191 e. The number of aromatic nitrogens is 2. The van der Waals surface area contributed by atoms with Gasteiger partial charge in [-0.05, 0) is 36.1 Å². The second kappa shape index (κ2) is 11.5. The summed E-state index contributed by atoms with van der Waals surface area (Å²) in [5.74, 6) is 1.55. The average molecular weight is 493 g/mol. The number of aromatic amines is 1. The zero-order chi connectivity index (χ0) is 18.9. The number of halogens is 1. The van der Waals surface area contributed by atoms with E-state index in [4.69, 9.17) is 4.74 Å². The summed E-state index contributed by atoms with van der Waals surface area (Å²) in [4.78, 5) is 11.7. The zero-order valence-electron chi connectivity index (χ0n) is 16.4. The minimum absolute atomic E-state index is 0. The van der Waals surface area contributed by atoms with Crippen molar-refractivity contribution in [3.05, 3.63) is 60.0 Å². The highest BCUT2D eigenvalue weighted by atomic mass is 127. The quantitative estimate of drug-likeness (QED) is 0.194. The average Bonchev–Trinajstić information content (AvgIpc) is 3.13. The molecule has 0 atom stereocenters. The van der Waals surface area contributed by atoms with Gasteiger partial charge >= 0.3 is 0 Å². The summed E-state index contributed by atoms with van der Waals surface area (Å²) in [6.07, 6.45) is 7.52. The topological polar surface area (TPSA) is 74.3 Å². The number of guanidine groups is 1. The number of benzene rings is 1. The monoisotopic (exact) mass is 493 g/mol. The number of nitrogens with one attached hydrogen (secondary N) is 3. The number of H-pyrrole nitrogens is 1. The van der Waals surface area contributed by atoms with Gasteiger partial charge in [-0.3, -0.25) is 9.98 Å². The van der Waals surface area contributed by atoms with Crippen molar-refractivity contribution in [1.82, 2.24) is 20.6 Å². The van der Waals surface area contributed by atoms with Crippen LogP contribution in [0.5, 0.6) is 5.75 Å². The molecular formula is C21H28IN5O. The molecule has 150 valence electrons. The minimum atomic E-state index is 0. The molecule has 3 aromatic rings. The number of aliphatic imine (C=N–C) groups is 1. The molecular weight excluding hydrogens is 465 g/mol. The Morgan fingerprint density at radius 1 is 1.14 bits per heavy atom. The van der Waals surface area contributed by atoms with Gasteiger partial charge in [0.2, 0.25) is 0 Å². The lowest BCUT2D eigenvalue weighted by Crippen LogP contribution is -2.40. The number of aryl methyl sites for hydroxylation is 1. The lowest BCUT2D eigenvalue weighted by molar-refractivity contribution is 0.320. The van der Waals surface area contributed by atoms with Crippen LogP contribution in [0.25, 0.3) is 10.9 Å². The number of pyridine rings is 1. The number of hydrogen-bond donors (Lipinski definition) is 3. The maximum atomic E-state index is 5.62. The van der Waals surface area contributed by atoms with Gasteiger partial charge in [-0.2, -0.15) is 0 Å². The molecule has 0 unspecified atom stereocenters. The van der Waals surface area contributed by atoms with Crippen LogP contribution in [0.15, 0.2) is 53.9 Å². The van der Waals surface area contributed by atoms with E-state index >= 15 is 0 Å². The second-order valence-electron chi connectivity index (χ2n) is 6.22. The van der Waals surface area contributed by atoms with E-state index in [-0.39, 0.29) is 24.0 Å². The molecule has 2 aromatic heterocycles. The molecule has 3 N–H and O–H groups in total. The molecule has 0 spiro atoms. The van der Waals surface area contributed by atoms with E-state index < -0.39 is 0 Å². The van der Waals surface area contributed by atoms with Crippen LogP contribution in [0.4, 0.5) is 0 Å². The summed E-state index contributed by atoms with van der Waals surface area (Å²) in [7, 11) is 1.77. The Bertz CT molecular complexity index is 879. The Kier molecular flexibility index (Phi) is 9.06. The van der Waals surface area contributed by atoms with Crippen LogP contribution >= 0.6 is 24.0 Å². The van der Waals surface area contributed by atoms with Gasteiger partial charge in [0, 0.05) is 36.9 Å². The van der Waals surface area contributed by atoms with Crippen LogP contribution in [-0.4, -0.2) is 42.7 Å². The molecule has 0 fully saturated rings. The van der Waals surface area contributed by atoms with Crippen molar-refractivity contribution in [1.29, 1.82) is 0 Å². The number of ether oxygens (including phenoxy) is 1. The molecule has 0 aliphatic carbocycles. The molecule has 0 aliphatic rings. The Balaban J connectivity index is 0.00000280. The molecule has 2 heterocycles. The highest BCUT2D eigenvalue weighted by molar-refractivity contribution is 14.0. The third-order valence-electron chi connectivity index (χ3n) is 4.48. The first-order valence-corrected chi connectivity index (χ1v) is 9.37.